The highest BCUT2D eigenvalue weighted by molar-refractivity contribution is 5.99. The van der Waals surface area contributed by atoms with Gasteiger partial charge in [-0.1, -0.05) is 6.92 Å². The molecular weight excluding hydrogens is 206 g/mol. The van der Waals surface area contributed by atoms with E-state index in [4.69, 9.17) is 0 Å². The van der Waals surface area contributed by atoms with Crippen LogP contribution in [0.4, 0.5) is 5.69 Å². The molecule has 0 N–H and O–H groups in total. The van der Waals surface area contributed by atoms with E-state index in [0.29, 0.717) is 23.1 Å². The number of Topliss-reactive ketones (excluding diaryl/α,β-unsaturated/α-hetero) is 1. The first-order valence-corrected chi connectivity index (χ1v) is 5.18. The lowest BCUT2D eigenvalue weighted by Crippen LogP contribution is -2.07. The van der Waals surface area contributed by atoms with Gasteiger partial charge in [-0.3, -0.25) is 14.9 Å². The monoisotopic (exact) mass is 221 g/mol. The molecule has 0 atom stereocenters. The van der Waals surface area contributed by atoms with Gasteiger partial charge in [-0.05, 0) is 32.4 Å². The quantitative estimate of drug-likeness (QED) is 0.447. The van der Waals surface area contributed by atoms with Crippen LogP contribution in [0, 0.1) is 30.9 Å². The number of rotatable bonds is 3. The second kappa shape index (κ2) is 4.43. The number of nitro benzene ring substituents is 1. The molecule has 0 aromatic heterocycles. The van der Waals surface area contributed by atoms with E-state index < -0.39 is 4.92 Å². The number of benzene rings is 1. The number of hydrogen-bond donors (Lipinski definition) is 0. The lowest BCUT2D eigenvalue weighted by Gasteiger charge is -2.10. The van der Waals surface area contributed by atoms with Crippen molar-refractivity contribution in [3.8, 4) is 0 Å². The van der Waals surface area contributed by atoms with Crippen molar-refractivity contribution in [3.63, 3.8) is 0 Å². The van der Waals surface area contributed by atoms with Crippen molar-refractivity contribution in [2.75, 3.05) is 0 Å². The van der Waals surface area contributed by atoms with Crippen molar-refractivity contribution in [1.29, 1.82) is 0 Å². The van der Waals surface area contributed by atoms with Crippen LogP contribution in [0.15, 0.2) is 6.07 Å². The zero-order valence-electron chi connectivity index (χ0n) is 9.96. The average molecular weight is 221 g/mol. The fourth-order valence-electron chi connectivity index (χ4n) is 2.06. The average Bonchev–Trinajstić information content (AvgIpc) is 2.15. The number of nitrogens with zero attached hydrogens (tertiary/aromatic N) is 1. The summed E-state index contributed by atoms with van der Waals surface area (Å²) in [6, 6.07) is 1.70. The van der Waals surface area contributed by atoms with Gasteiger partial charge in [-0.15, -0.1) is 0 Å². The highest BCUT2D eigenvalue weighted by Crippen LogP contribution is 2.29. The molecule has 0 unspecified atom stereocenters. The number of nitro groups is 1. The third-order valence-corrected chi connectivity index (χ3v) is 2.71. The summed E-state index contributed by atoms with van der Waals surface area (Å²) in [5.41, 5.74) is 2.46. The Bertz CT molecular complexity index is 464. The molecule has 0 saturated heterocycles. The Labute approximate surface area is 94.4 Å². The number of carbonyl (C=O) groups is 1. The normalized spacial score (nSPS) is 10.2. The first-order valence-electron chi connectivity index (χ1n) is 5.18. The van der Waals surface area contributed by atoms with Crippen LogP contribution in [-0.4, -0.2) is 10.7 Å². The lowest BCUT2D eigenvalue weighted by molar-refractivity contribution is -0.386. The van der Waals surface area contributed by atoms with Crippen LogP contribution in [0.2, 0.25) is 0 Å². The first kappa shape index (κ1) is 12.4. The Hall–Kier alpha value is -1.71. The second-order valence-corrected chi connectivity index (χ2v) is 3.89. The van der Waals surface area contributed by atoms with Gasteiger partial charge in [0.25, 0.3) is 5.69 Å². The van der Waals surface area contributed by atoms with Crippen LogP contribution < -0.4 is 0 Å². The van der Waals surface area contributed by atoms with E-state index in [-0.39, 0.29) is 11.5 Å². The van der Waals surface area contributed by atoms with Crippen molar-refractivity contribution in [2.45, 2.75) is 34.1 Å². The predicted octanol–water partition coefficient (Wildman–Crippen LogP) is 3.11. The van der Waals surface area contributed by atoms with Crippen LogP contribution in [-0.2, 0) is 0 Å². The van der Waals surface area contributed by atoms with E-state index in [2.05, 4.69) is 0 Å². The van der Waals surface area contributed by atoms with Gasteiger partial charge in [-0.2, -0.15) is 0 Å². The Morgan fingerprint density at radius 3 is 2.31 bits per heavy atom. The Balaban J connectivity index is 3.57. The summed E-state index contributed by atoms with van der Waals surface area (Å²) in [5, 5.41) is 10.9. The third kappa shape index (κ3) is 1.96. The van der Waals surface area contributed by atoms with E-state index >= 15 is 0 Å². The standard InChI is InChI=1S/C12H15NO3/c1-5-10(14)11-7(2)6-8(3)12(9(11)4)13(15)16/h6H,5H2,1-4H3. The van der Waals surface area contributed by atoms with Crippen LogP contribution in [0.1, 0.15) is 40.4 Å². The Kier molecular flexibility index (Phi) is 3.42. The Morgan fingerprint density at radius 2 is 1.88 bits per heavy atom. The molecule has 0 radical (unpaired) electrons. The van der Waals surface area contributed by atoms with Crippen LogP contribution in [0.5, 0.6) is 0 Å². The van der Waals surface area contributed by atoms with Crippen LogP contribution in [0.25, 0.3) is 0 Å². The molecule has 0 aliphatic rings. The summed E-state index contributed by atoms with van der Waals surface area (Å²) in [6.07, 6.45) is 0.363. The van der Waals surface area contributed by atoms with Crippen molar-refractivity contribution in [1.82, 2.24) is 0 Å². The number of hydrogen-bond acceptors (Lipinski definition) is 3. The number of ketones is 1. The van der Waals surface area contributed by atoms with E-state index in [0.717, 1.165) is 5.56 Å². The zero-order chi connectivity index (χ0) is 12.5. The summed E-state index contributed by atoms with van der Waals surface area (Å²) >= 11 is 0. The summed E-state index contributed by atoms with van der Waals surface area (Å²) < 4.78 is 0. The van der Waals surface area contributed by atoms with Gasteiger partial charge in [0.05, 0.1) is 4.92 Å². The first-order chi connectivity index (χ1) is 7.40. The molecule has 0 bridgehead atoms. The van der Waals surface area contributed by atoms with E-state index in [1.165, 1.54) is 0 Å². The van der Waals surface area contributed by atoms with Crippen LogP contribution >= 0.6 is 0 Å². The number of aryl methyl sites for hydroxylation is 2. The van der Waals surface area contributed by atoms with E-state index in [1.54, 1.807) is 26.8 Å². The fourth-order valence-corrected chi connectivity index (χ4v) is 2.06. The lowest BCUT2D eigenvalue weighted by atomic mass is 9.94. The minimum Gasteiger partial charge on any atom is -0.294 e. The van der Waals surface area contributed by atoms with Crippen molar-refractivity contribution in [3.05, 3.63) is 38.4 Å². The summed E-state index contributed by atoms with van der Waals surface area (Å²) in [7, 11) is 0. The summed E-state index contributed by atoms with van der Waals surface area (Å²) in [6.45, 7) is 6.90. The molecule has 0 spiro atoms. The molecule has 0 aliphatic carbocycles. The van der Waals surface area contributed by atoms with Gasteiger partial charge in [-0.25, -0.2) is 0 Å². The predicted molar refractivity (Wildman–Crippen MR) is 61.9 cm³/mol. The molecule has 1 aromatic carbocycles. The Morgan fingerprint density at radius 1 is 1.31 bits per heavy atom. The molecule has 0 aliphatic heterocycles. The molecule has 16 heavy (non-hydrogen) atoms. The van der Waals surface area contributed by atoms with Crippen LogP contribution in [0.3, 0.4) is 0 Å². The molecule has 4 nitrogen and oxygen atoms in total. The topological polar surface area (TPSA) is 60.2 Å². The highest BCUT2D eigenvalue weighted by Gasteiger charge is 2.22. The van der Waals surface area contributed by atoms with Gasteiger partial charge in [0, 0.05) is 23.1 Å². The SMILES string of the molecule is CCC(=O)c1c(C)cc(C)c([N+](=O)[O-])c1C. The molecule has 86 valence electrons. The number of carbonyl (C=O) groups excluding carboxylic acids is 1. The van der Waals surface area contributed by atoms with Gasteiger partial charge >= 0.3 is 0 Å². The summed E-state index contributed by atoms with van der Waals surface area (Å²) in [5.74, 6) is -0.0434. The molecule has 1 aromatic rings. The van der Waals surface area contributed by atoms with Crippen molar-refractivity contribution < 1.29 is 9.72 Å². The van der Waals surface area contributed by atoms with Gasteiger partial charge in [0.15, 0.2) is 5.78 Å². The molecule has 0 saturated carbocycles. The molecular formula is C12H15NO3. The van der Waals surface area contributed by atoms with Gasteiger partial charge < -0.3 is 0 Å². The van der Waals surface area contributed by atoms with Gasteiger partial charge in [0.1, 0.15) is 0 Å². The summed E-state index contributed by atoms with van der Waals surface area (Å²) in [4.78, 5) is 22.2. The smallest absolute Gasteiger partial charge is 0.275 e. The minimum absolute atomic E-state index is 0.0434. The second-order valence-electron chi connectivity index (χ2n) is 3.89. The maximum Gasteiger partial charge on any atom is 0.275 e. The third-order valence-electron chi connectivity index (χ3n) is 2.71. The molecule has 0 amide bonds. The van der Waals surface area contributed by atoms with Crippen molar-refractivity contribution >= 4 is 11.5 Å². The zero-order valence-corrected chi connectivity index (χ0v) is 9.96. The van der Waals surface area contributed by atoms with E-state index in [1.807, 2.05) is 6.92 Å². The maximum absolute atomic E-state index is 11.7. The molecule has 1 rings (SSSR count). The minimum atomic E-state index is -0.420. The fraction of sp³-hybridized carbons (Fsp3) is 0.417. The van der Waals surface area contributed by atoms with Crippen molar-refractivity contribution in [2.24, 2.45) is 0 Å². The molecule has 0 heterocycles. The van der Waals surface area contributed by atoms with Gasteiger partial charge in [0.2, 0.25) is 0 Å². The molecule has 0 fully saturated rings. The maximum atomic E-state index is 11.7. The largest absolute Gasteiger partial charge is 0.294 e. The van der Waals surface area contributed by atoms with E-state index in [9.17, 15) is 14.9 Å². The molecule has 4 heteroatoms. The highest BCUT2D eigenvalue weighted by atomic mass is 16.6.